The Balaban J connectivity index is 1.31. The monoisotopic (exact) mass is 483 g/mol. The van der Waals surface area contributed by atoms with Crippen molar-refractivity contribution in [3.8, 4) is 0 Å². The minimum Gasteiger partial charge on any atom is -0.341 e. The lowest BCUT2D eigenvalue weighted by atomic mass is 9.96. The molecule has 0 unspecified atom stereocenters. The smallest absolute Gasteiger partial charge is 0.243 e. The number of hydrogen-bond donors (Lipinski definition) is 0. The van der Waals surface area contributed by atoms with Crippen LogP contribution in [0, 0.1) is 26.7 Å². The summed E-state index contributed by atoms with van der Waals surface area (Å²) in [6.45, 7) is 11.0. The largest absolute Gasteiger partial charge is 0.341 e. The molecule has 0 bridgehead atoms. The number of benzene rings is 2. The summed E-state index contributed by atoms with van der Waals surface area (Å²) in [5.41, 5.74) is 4.40. The Morgan fingerprint density at radius 3 is 2.21 bits per heavy atom. The lowest BCUT2D eigenvalue weighted by Crippen LogP contribution is -2.45. The zero-order valence-corrected chi connectivity index (χ0v) is 21.5. The molecule has 0 radical (unpaired) electrons. The zero-order chi connectivity index (χ0) is 24.3. The number of amides is 1. The van der Waals surface area contributed by atoms with Gasteiger partial charge in [0.2, 0.25) is 15.9 Å². The minimum absolute atomic E-state index is 0.0887. The summed E-state index contributed by atoms with van der Waals surface area (Å²) in [4.78, 5) is 18.1. The highest BCUT2D eigenvalue weighted by atomic mass is 32.2. The van der Waals surface area contributed by atoms with Crippen molar-refractivity contribution in [3.05, 3.63) is 64.7 Å². The van der Waals surface area contributed by atoms with Gasteiger partial charge in [0, 0.05) is 51.7 Å². The molecule has 184 valence electrons. The van der Waals surface area contributed by atoms with Gasteiger partial charge < -0.3 is 4.90 Å². The molecule has 2 saturated heterocycles. The maximum absolute atomic E-state index is 13.3. The first-order valence-electron chi connectivity index (χ1n) is 12.4. The van der Waals surface area contributed by atoms with E-state index in [4.69, 9.17) is 0 Å². The number of nitrogens with zero attached hydrogens (tertiary/aromatic N) is 3. The first-order chi connectivity index (χ1) is 16.2. The summed E-state index contributed by atoms with van der Waals surface area (Å²) in [5.74, 6) is 0.106. The van der Waals surface area contributed by atoms with E-state index >= 15 is 0 Å². The van der Waals surface area contributed by atoms with Gasteiger partial charge in [-0.25, -0.2) is 8.42 Å². The van der Waals surface area contributed by atoms with Gasteiger partial charge in [0.15, 0.2) is 0 Å². The Kier molecular flexibility index (Phi) is 7.75. The van der Waals surface area contributed by atoms with E-state index in [1.54, 1.807) is 10.4 Å². The van der Waals surface area contributed by atoms with E-state index in [2.05, 4.69) is 36.1 Å². The van der Waals surface area contributed by atoms with Crippen LogP contribution < -0.4 is 0 Å². The number of aryl methyl sites for hydroxylation is 3. The molecule has 2 fully saturated rings. The molecule has 0 saturated carbocycles. The second kappa shape index (κ2) is 10.6. The highest BCUT2D eigenvalue weighted by molar-refractivity contribution is 7.89. The number of rotatable bonds is 5. The van der Waals surface area contributed by atoms with Gasteiger partial charge in [0.05, 0.1) is 4.90 Å². The van der Waals surface area contributed by atoms with Crippen LogP contribution in [0.2, 0.25) is 0 Å². The third kappa shape index (κ3) is 5.70. The fourth-order valence-corrected chi connectivity index (χ4v) is 6.81. The van der Waals surface area contributed by atoms with Crippen molar-refractivity contribution in [1.82, 2.24) is 14.1 Å². The SMILES string of the molecule is Cc1ccc(CN2CCCN(C(=O)C3CCN(S(=O)(=O)c4ccc(C)cc4C)CC3)CC2)cc1. The second-order valence-electron chi connectivity index (χ2n) is 9.89. The number of sulfonamides is 1. The first-order valence-corrected chi connectivity index (χ1v) is 13.8. The zero-order valence-electron chi connectivity index (χ0n) is 20.7. The van der Waals surface area contributed by atoms with E-state index in [0.717, 1.165) is 50.3 Å². The number of piperidine rings is 1. The van der Waals surface area contributed by atoms with E-state index in [1.165, 1.54) is 11.1 Å². The predicted molar refractivity (Wildman–Crippen MR) is 135 cm³/mol. The van der Waals surface area contributed by atoms with Gasteiger partial charge in [-0.2, -0.15) is 4.31 Å². The van der Waals surface area contributed by atoms with Crippen molar-refractivity contribution in [2.45, 2.75) is 51.5 Å². The molecule has 1 amide bonds. The van der Waals surface area contributed by atoms with Crippen LogP contribution in [0.1, 0.15) is 41.5 Å². The Bertz CT molecular complexity index is 1110. The first kappa shape index (κ1) is 24.9. The molecular formula is C27H37N3O3S. The number of carbonyl (C=O) groups is 1. The van der Waals surface area contributed by atoms with Gasteiger partial charge in [-0.1, -0.05) is 47.5 Å². The minimum atomic E-state index is -3.53. The molecule has 6 nitrogen and oxygen atoms in total. The van der Waals surface area contributed by atoms with Crippen LogP contribution in [0.15, 0.2) is 47.4 Å². The molecule has 0 aromatic heterocycles. The molecule has 0 N–H and O–H groups in total. The quantitative estimate of drug-likeness (QED) is 0.650. The van der Waals surface area contributed by atoms with Crippen molar-refractivity contribution in [2.24, 2.45) is 5.92 Å². The maximum Gasteiger partial charge on any atom is 0.243 e. The fraction of sp³-hybridized carbons (Fsp3) is 0.519. The molecule has 7 heteroatoms. The van der Waals surface area contributed by atoms with Gasteiger partial charge in [-0.15, -0.1) is 0 Å². The van der Waals surface area contributed by atoms with Crippen molar-refractivity contribution < 1.29 is 13.2 Å². The molecule has 2 aliphatic heterocycles. The molecule has 2 heterocycles. The van der Waals surface area contributed by atoms with E-state index in [0.29, 0.717) is 30.8 Å². The maximum atomic E-state index is 13.3. The molecular weight excluding hydrogens is 446 g/mol. The second-order valence-corrected chi connectivity index (χ2v) is 11.8. The number of hydrogen-bond acceptors (Lipinski definition) is 4. The Morgan fingerprint density at radius 2 is 1.53 bits per heavy atom. The molecule has 4 rings (SSSR count). The van der Waals surface area contributed by atoms with Crippen molar-refractivity contribution in [2.75, 3.05) is 39.3 Å². The third-order valence-electron chi connectivity index (χ3n) is 7.18. The lowest BCUT2D eigenvalue weighted by Gasteiger charge is -2.33. The summed E-state index contributed by atoms with van der Waals surface area (Å²) in [6, 6.07) is 14.1. The molecule has 2 aromatic carbocycles. The van der Waals surface area contributed by atoms with E-state index < -0.39 is 10.0 Å². The fourth-order valence-electron chi connectivity index (χ4n) is 5.13. The van der Waals surface area contributed by atoms with Gasteiger partial charge >= 0.3 is 0 Å². The predicted octanol–water partition coefficient (Wildman–Crippen LogP) is 3.75. The van der Waals surface area contributed by atoms with Gasteiger partial charge in [-0.05, 0) is 57.2 Å². The summed E-state index contributed by atoms with van der Waals surface area (Å²) in [7, 11) is -3.53. The van der Waals surface area contributed by atoms with Crippen LogP contribution in [0.4, 0.5) is 0 Å². The van der Waals surface area contributed by atoms with Gasteiger partial charge in [0.1, 0.15) is 0 Å². The van der Waals surface area contributed by atoms with Crippen molar-refractivity contribution in [1.29, 1.82) is 0 Å². The summed E-state index contributed by atoms with van der Waals surface area (Å²) in [6.07, 6.45) is 2.15. The van der Waals surface area contributed by atoms with Crippen molar-refractivity contribution >= 4 is 15.9 Å². The summed E-state index contributed by atoms with van der Waals surface area (Å²) in [5, 5.41) is 0. The Hall–Kier alpha value is -2.22. The van der Waals surface area contributed by atoms with Gasteiger partial charge in [0.25, 0.3) is 0 Å². The molecule has 0 atom stereocenters. The van der Waals surface area contributed by atoms with E-state index in [9.17, 15) is 13.2 Å². The lowest BCUT2D eigenvalue weighted by molar-refractivity contribution is -0.136. The molecule has 0 aliphatic carbocycles. The molecule has 34 heavy (non-hydrogen) atoms. The Morgan fingerprint density at radius 1 is 0.853 bits per heavy atom. The molecule has 0 spiro atoms. The molecule has 2 aromatic rings. The Labute approximate surface area is 204 Å². The normalized spacial score (nSPS) is 19.2. The van der Waals surface area contributed by atoms with Crippen LogP contribution in [0.5, 0.6) is 0 Å². The average molecular weight is 484 g/mol. The number of carbonyl (C=O) groups excluding carboxylic acids is 1. The van der Waals surface area contributed by atoms with Crippen LogP contribution in [0.3, 0.4) is 0 Å². The highest BCUT2D eigenvalue weighted by Crippen LogP contribution is 2.27. The van der Waals surface area contributed by atoms with E-state index in [1.807, 2.05) is 30.9 Å². The van der Waals surface area contributed by atoms with E-state index in [-0.39, 0.29) is 11.8 Å². The topological polar surface area (TPSA) is 60.9 Å². The summed E-state index contributed by atoms with van der Waals surface area (Å²) >= 11 is 0. The van der Waals surface area contributed by atoms with Crippen molar-refractivity contribution in [3.63, 3.8) is 0 Å². The average Bonchev–Trinajstić information content (AvgIpc) is 3.05. The summed E-state index contributed by atoms with van der Waals surface area (Å²) < 4.78 is 27.9. The third-order valence-corrected chi connectivity index (χ3v) is 9.24. The van der Waals surface area contributed by atoms with Crippen LogP contribution in [-0.2, 0) is 21.4 Å². The standard InChI is InChI=1S/C27H37N3O3S/c1-21-5-8-24(9-6-21)20-28-13-4-14-29(18-17-28)27(31)25-11-15-30(16-12-25)34(32,33)26-10-7-22(2)19-23(26)3/h5-10,19,25H,4,11-18,20H2,1-3H3. The van der Waals surface area contributed by atoms with Crippen LogP contribution in [0.25, 0.3) is 0 Å². The van der Waals surface area contributed by atoms with Crippen LogP contribution >= 0.6 is 0 Å². The molecule has 2 aliphatic rings. The van der Waals surface area contributed by atoms with Crippen LogP contribution in [-0.4, -0.2) is 67.7 Å². The highest BCUT2D eigenvalue weighted by Gasteiger charge is 2.34. The van der Waals surface area contributed by atoms with Gasteiger partial charge in [-0.3, -0.25) is 9.69 Å².